The minimum Gasteiger partial charge on any atom is -0.324 e. The van der Waals surface area contributed by atoms with E-state index in [4.69, 9.17) is 5.73 Å². The monoisotopic (exact) mass is 503 g/mol. The van der Waals surface area contributed by atoms with Crippen LogP contribution in [0.3, 0.4) is 0 Å². The number of aromatic nitrogens is 2. The maximum absolute atomic E-state index is 13.8. The van der Waals surface area contributed by atoms with Crippen molar-refractivity contribution < 1.29 is 22.0 Å². The molecule has 2 aromatic carbocycles. The van der Waals surface area contributed by atoms with Crippen LogP contribution >= 0.6 is 0 Å². The van der Waals surface area contributed by atoms with Crippen molar-refractivity contribution in [1.29, 1.82) is 0 Å². The molecule has 3 aromatic rings. The lowest BCUT2D eigenvalue weighted by atomic mass is 9.92. The molecule has 0 spiro atoms. The number of fused-ring (bicyclic) bond motifs is 1. The van der Waals surface area contributed by atoms with Crippen LogP contribution in [0.2, 0.25) is 0 Å². The zero-order valence-corrected chi connectivity index (χ0v) is 20.6. The van der Waals surface area contributed by atoms with Crippen LogP contribution in [0.5, 0.6) is 0 Å². The maximum atomic E-state index is 13.8. The molecule has 11 heteroatoms. The van der Waals surface area contributed by atoms with E-state index in [0.717, 1.165) is 16.4 Å². The van der Waals surface area contributed by atoms with E-state index in [-0.39, 0.29) is 24.3 Å². The van der Waals surface area contributed by atoms with E-state index in [9.17, 15) is 22.0 Å². The molecule has 0 radical (unpaired) electrons. The summed E-state index contributed by atoms with van der Waals surface area (Å²) < 4.78 is 55.3. The van der Waals surface area contributed by atoms with Gasteiger partial charge in [0.1, 0.15) is 11.6 Å². The normalized spacial score (nSPS) is 16.3. The number of benzene rings is 2. The highest BCUT2D eigenvalue weighted by atomic mass is 32.2. The molecule has 0 fully saturated rings. The molecule has 1 amide bonds. The first-order chi connectivity index (χ1) is 16.3. The Morgan fingerprint density at radius 2 is 1.80 bits per heavy atom. The Balaban J connectivity index is 1.66. The average molecular weight is 504 g/mol. The Labute approximate surface area is 202 Å². The summed E-state index contributed by atoms with van der Waals surface area (Å²) in [6.07, 6.45) is 0. The standard InChI is InChI=1S/C24H27F2N5O3S/c1-13(2)20(27)17-7-5-6-8-18(17)23(32)28-22-19-12-31(24(3,4)21(19)29-30-22)35(33,34)16-10-14(25)9-15(26)11-16/h5-11,13,20H,12,27H2,1-4H3,(H2,28,29,30,32). The second-order valence-corrected chi connectivity index (χ2v) is 11.3. The molecule has 4 rings (SSSR count). The number of carbonyl (C=O) groups excluding carboxylic acids is 1. The van der Waals surface area contributed by atoms with Crippen molar-refractivity contribution in [3.63, 3.8) is 0 Å². The van der Waals surface area contributed by atoms with E-state index in [1.165, 1.54) is 0 Å². The molecule has 2 heterocycles. The van der Waals surface area contributed by atoms with E-state index in [0.29, 0.717) is 28.5 Å². The van der Waals surface area contributed by atoms with E-state index in [2.05, 4.69) is 15.5 Å². The van der Waals surface area contributed by atoms with Gasteiger partial charge in [-0.05, 0) is 43.5 Å². The van der Waals surface area contributed by atoms with Crippen molar-refractivity contribution in [2.75, 3.05) is 5.32 Å². The Morgan fingerprint density at radius 1 is 1.17 bits per heavy atom. The Kier molecular flexibility index (Phi) is 6.28. The van der Waals surface area contributed by atoms with Gasteiger partial charge in [-0.2, -0.15) is 9.40 Å². The van der Waals surface area contributed by atoms with Gasteiger partial charge in [0, 0.05) is 29.8 Å². The number of aromatic amines is 1. The van der Waals surface area contributed by atoms with Gasteiger partial charge in [0.05, 0.1) is 16.1 Å². The Morgan fingerprint density at radius 3 is 2.43 bits per heavy atom. The number of H-pyrrole nitrogens is 1. The van der Waals surface area contributed by atoms with Crippen LogP contribution in [0, 0.1) is 17.6 Å². The van der Waals surface area contributed by atoms with Gasteiger partial charge in [-0.3, -0.25) is 9.89 Å². The highest BCUT2D eigenvalue weighted by molar-refractivity contribution is 7.89. The summed E-state index contributed by atoms with van der Waals surface area (Å²) in [6.45, 7) is 7.06. The first kappa shape index (κ1) is 25.0. The highest BCUT2D eigenvalue weighted by Gasteiger charge is 2.48. The summed E-state index contributed by atoms with van der Waals surface area (Å²) in [5, 5.41) is 9.78. The largest absolute Gasteiger partial charge is 0.324 e. The van der Waals surface area contributed by atoms with Crippen molar-refractivity contribution in [1.82, 2.24) is 14.5 Å². The van der Waals surface area contributed by atoms with Gasteiger partial charge >= 0.3 is 0 Å². The van der Waals surface area contributed by atoms with E-state index >= 15 is 0 Å². The molecule has 1 aliphatic rings. The molecule has 8 nitrogen and oxygen atoms in total. The second-order valence-electron chi connectivity index (χ2n) is 9.41. The molecule has 0 saturated carbocycles. The fourth-order valence-electron chi connectivity index (χ4n) is 4.31. The molecule has 1 unspecified atom stereocenters. The quantitative estimate of drug-likeness (QED) is 0.469. The van der Waals surface area contributed by atoms with Gasteiger partial charge in [0.15, 0.2) is 5.82 Å². The van der Waals surface area contributed by atoms with Gasteiger partial charge in [-0.1, -0.05) is 32.0 Å². The highest BCUT2D eigenvalue weighted by Crippen LogP contribution is 2.44. The number of hydrogen-bond donors (Lipinski definition) is 3. The van der Waals surface area contributed by atoms with Crippen molar-refractivity contribution in [3.8, 4) is 0 Å². The Bertz CT molecular complexity index is 1380. The second kappa shape index (κ2) is 8.81. The summed E-state index contributed by atoms with van der Waals surface area (Å²) in [4.78, 5) is 12.7. The summed E-state index contributed by atoms with van der Waals surface area (Å²) in [5.41, 5.74) is 7.19. The van der Waals surface area contributed by atoms with Crippen LogP contribution in [0.4, 0.5) is 14.6 Å². The lowest BCUT2D eigenvalue weighted by Crippen LogP contribution is -2.40. The number of nitrogens with one attached hydrogen (secondary N) is 2. The van der Waals surface area contributed by atoms with Crippen molar-refractivity contribution >= 4 is 21.7 Å². The van der Waals surface area contributed by atoms with Gasteiger partial charge in [-0.25, -0.2) is 17.2 Å². The average Bonchev–Trinajstić information content (AvgIpc) is 3.30. The van der Waals surface area contributed by atoms with Gasteiger partial charge < -0.3 is 11.1 Å². The van der Waals surface area contributed by atoms with Crippen LogP contribution in [0.1, 0.15) is 60.9 Å². The molecule has 1 atom stereocenters. The molecular formula is C24H27F2N5O3S. The van der Waals surface area contributed by atoms with Crippen LogP contribution in [-0.2, 0) is 22.1 Å². The van der Waals surface area contributed by atoms with Crippen LogP contribution in [0.15, 0.2) is 47.4 Å². The van der Waals surface area contributed by atoms with Crippen LogP contribution in [-0.4, -0.2) is 28.8 Å². The fraction of sp³-hybridized carbons (Fsp3) is 0.333. The minimum atomic E-state index is -4.28. The number of hydrogen-bond acceptors (Lipinski definition) is 5. The molecule has 0 aliphatic carbocycles. The number of nitrogens with zero attached hydrogens (tertiary/aromatic N) is 2. The molecule has 35 heavy (non-hydrogen) atoms. The lowest BCUT2D eigenvalue weighted by molar-refractivity contribution is 0.102. The third-order valence-electron chi connectivity index (χ3n) is 6.34. The summed E-state index contributed by atoms with van der Waals surface area (Å²) in [6, 6.07) is 8.80. The maximum Gasteiger partial charge on any atom is 0.257 e. The van der Waals surface area contributed by atoms with E-state index in [1.54, 1.807) is 38.1 Å². The predicted molar refractivity (Wildman–Crippen MR) is 127 cm³/mol. The summed E-state index contributed by atoms with van der Waals surface area (Å²) in [5.74, 6) is -2.14. The molecule has 186 valence electrons. The first-order valence-electron chi connectivity index (χ1n) is 11.1. The van der Waals surface area contributed by atoms with E-state index < -0.39 is 38.0 Å². The van der Waals surface area contributed by atoms with Gasteiger partial charge in [-0.15, -0.1) is 0 Å². The molecule has 4 N–H and O–H groups in total. The summed E-state index contributed by atoms with van der Waals surface area (Å²) in [7, 11) is -4.28. The van der Waals surface area contributed by atoms with Gasteiger partial charge in [0.2, 0.25) is 10.0 Å². The zero-order valence-electron chi connectivity index (χ0n) is 19.8. The molecule has 0 saturated heterocycles. The van der Waals surface area contributed by atoms with Crippen molar-refractivity contribution in [2.24, 2.45) is 11.7 Å². The van der Waals surface area contributed by atoms with Crippen molar-refractivity contribution in [2.45, 2.75) is 50.7 Å². The third-order valence-corrected chi connectivity index (χ3v) is 8.34. The molecule has 0 bridgehead atoms. The number of nitrogens with two attached hydrogens (primary N) is 1. The molecule has 1 aromatic heterocycles. The third kappa shape index (κ3) is 4.35. The smallest absolute Gasteiger partial charge is 0.257 e. The lowest BCUT2D eigenvalue weighted by Gasteiger charge is -2.30. The number of halogens is 2. The fourth-order valence-corrected chi connectivity index (χ4v) is 6.08. The first-order valence-corrected chi connectivity index (χ1v) is 12.5. The topological polar surface area (TPSA) is 121 Å². The van der Waals surface area contributed by atoms with Crippen LogP contribution in [0.25, 0.3) is 0 Å². The number of anilines is 1. The number of rotatable bonds is 6. The SMILES string of the molecule is CC(C)C(N)c1ccccc1C(=O)Nc1n[nH]c2c1CN(S(=O)(=O)c1cc(F)cc(F)c1)C2(C)C. The number of amides is 1. The number of carbonyl (C=O) groups is 1. The van der Waals surface area contributed by atoms with Crippen LogP contribution < -0.4 is 11.1 Å². The van der Waals surface area contributed by atoms with Gasteiger partial charge in [0.25, 0.3) is 5.91 Å². The zero-order chi connectivity index (χ0) is 25.7. The molecule has 1 aliphatic heterocycles. The Hall–Kier alpha value is -3.15. The van der Waals surface area contributed by atoms with E-state index in [1.807, 2.05) is 13.8 Å². The summed E-state index contributed by atoms with van der Waals surface area (Å²) >= 11 is 0. The van der Waals surface area contributed by atoms with Crippen molar-refractivity contribution in [3.05, 3.63) is 76.5 Å². The predicted octanol–water partition coefficient (Wildman–Crippen LogP) is 4.04. The number of sulfonamides is 1. The minimum absolute atomic E-state index is 0.103. The molecular weight excluding hydrogens is 476 g/mol.